The van der Waals surface area contributed by atoms with Crippen molar-refractivity contribution in [1.29, 1.82) is 0 Å². The molecule has 0 amide bonds. The molecule has 0 radical (unpaired) electrons. The number of hydrogen-bond donors (Lipinski definition) is 1. The van der Waals surface area contributed by atoms with Gasteiger partial charge < -0.3 is 5.11 Å². The molecule has 1 aromatic carbocycles. The summed E-state index contributed by atoms with van der Waals surface area (Å²) in [6.45, 7) is 8.75. The van der Waals surface area contributed by atoms with E-state index < -0.39 is 5.60 Å². The van der Waals surface area contributed by atoms with E-state index in [0.29, 0.717) is 12.0 Å². The lowest BCUT2D eigenvalue weighted by Crippen LogP contribution is -2.47. The van der Waals surface area contributed by atoms with Gasteiger partial charge in [0.1, 0.15) is 0 Å². The maximum atomic E-state index is 10.7. The predicted octanol–water partition coefficient (Wildman–Crippen LogP) is 5.01. The second-order valence-corrected chi connectivity index (χ2v) is 7.67. The van der Waals surface area contributed by atoms with Crippen molar-refractivity contribution in [2.75, 3.05) is 6.54 Å². The molecule has 2 nitrogen and oxygen atoms in total. The first-order chi connectivity index (χ1) is 11.1. The minimum atomic E-state index is -0.499. The number of benzene rings is 1. The van der Waals surface area contributed by atoms with E-state index >= 15 is 0 Å². The Kier molecular flexibility index (Phi) is 7.10. The molecule has 2 heteroatoms. The molecule has 23 heavy (non-hydrogen) atoms. The third-order valence-electron chi connectivity index (χ3n) is 5.34. The molecule has 1 heterocycles. The summed E-state index contributed by atoms with van der Waals surface area (Å²) in [6, 6.07) is 11.5. The van der Waals surface area contributed by atoms with Gasteiger partial charge in [0.25, 0.3) is 0 Å². The van der Waals surface area contributed by atoms with Gasteiger partial charge in [0, 0.05) is 12.6 Å². The molecule has 0 aromatic heterocycles. The Morgan fingerprint density at radius 1 is 1.17 bits per heavy atom. The maximum absolute atomic E-state index is 10.7. The van der Waals surface area contributed by atoms with Crippen molar-refractivity contribution in [2.24, 2.45) is 5.92 Å². The van der Waals surface area contributed by atoms with E-state index in [1.807, 2.05) is 6.92 Å². The van der Waals surface area contributed by atoms with E-state index in [-0.39, 0.29) is 0 Å². The Morgan fingerprint density at radius 2 is 1.91 bits per heavy atom. The van der Waals surface area contributed by atoms with E-state index in [2.05, 4.69) is 49.1 Å². The lowest BCUT2D eigenvalue weighted by Gasteiger charge is -2.44. The van der Waals surface area contributed by atoms with E-state index in [1.165, 1.54) is 37.8 Å². The smallest absolute Gasteiger partial charge is 0.0622 e. The van der Waals surface area contributed by atoms with Gasteiger partial charge in [-0.05, 0) is 57.1 Å². The number of piperidine rings is 1. The molecule has 1 N–H and O–H groups in total. The van der Waals surface area contributed by atoms with Gasteiger partial charge in [-0.2, -0.15) is 0 Å². The summed E-state index contributed by atoms with van der Waals surface area (Å²) in [7, 11) is 0. The fourth-order valence-corrected chi connectivity index (χ4v) is 4.38. The van der Waals surface area contributed by atoms with Crippen molar-refractivity contribution >= 4 is 0 Å². The fourth-order valence-electron chi connectivity index (χ4n) is 4.38. The van der Waals surface area contributed by atoms with E-state index in [0.717, 1.165) is 25.8 Å². The molecule has 1 aliphatic rings. The highest BCUT2D eigenvalue weighted by atomic mass is 16.3. The van der Waals surface area contributed by atoms with E-state index in [9.17, 15) is 5.11 Å². The molecule has 1 aromatic rings. The van der Waals surface area contributed by atoms with Crippen LogP contribution in [0.5, 0.6) is 0 Å². The summed E-state index contributed by atoms with van der Waals surface area (Å²) in [5.74, 6) is 0.633. The number of aliphatic hydroxyl groups is 1. The van der Waals surface area contributed by atoms with Crippen LogP contribution in [-0.4, -0.2) is 28.2 Å². The number of rotatable bonds is 8. The highest BCUT2D eigenvalue weighted by Crippen LogP contribution is 2.35. The zero-order valence-corrected chi connectivity index (χ0v) is 15.3. The Bertz CT molecular complexity index is 442. The molecule has 3 atom stereocenters. The largest absolute Gasteiger partial charge is 0.390 e. The normalized spacial score (nSPS) is 25.2. The van der Waals surface area contributed by atoms with Crippen LogP contribution in [0.3, 0.4) is 0 Å². The molecule has 130 valence electrons. The monoisotopic (exact) mass is 317 g/mol. The van der Waals surface area contributed by atoms with Crippen LogP contribution >= 0.6 is 0 Å². The molecule has 1 unspecified atom stereocenters. The average Bonchev–Trinajstić information content (AvgIpc) is 2.51. The summed E-state index contributed by atoms with van der Waals surface area (Å²) < 4.78 is 0. The van der Waals surface area contributed by atoms with Crippen LogP contribution in [0.2, 0.25) is 0 Å². The summed E-state index contributed by atoms with van der Waals surface area (Å²) in [4.78, 5) is 2.68. The van der Waals surface area contributed by atoms with Crippen molar-refractivity contribution in [3.63, 3.8) is 0 Å². The van der Waals surface area contributed by atoms with Gasteiger partial charge in [0.2, 0.25) is 0 Å². The van der Waals surface area contributed by atoms with Gasteiger partial charge >= 0.3 is 0 Å². The highest BCUT2D eigenvalue weighted by molar-refractivity contribution is 5.14. The first kappa shape index (κ1) is 18.5. The quantitative estimate of drug-likeness (QED) is 0.728. The Balaban J connectivity index is 2.06. The van der Waals surface area contributed by atoms with Crippen LogP contribution < -0.4 is 0 Å². The lowest BCUT2D eigenvalue weighted by molar-refractivity contribution is -0.0130. The van der Waals surface area contributed by atoms with Gasteiger partial charge in [-0.25, -0.2) is 0 Å². The first-order valence-electron chi connectivity index (χ1n) is 9.56. The number of hydrogen-bond acceptors (Lipinski definition) is 2. The molecule has 1 saturated heterocycles. The van der Waals surface area contributed by atoms with Crippen LogP contribution in [0.25, 0.3) is 0 Å². The molecule has 1 fully saturated rings. The summed E-state index contributed by atoms with van der Waals surface area (Å²) in [5.41, 5.74) is 0.913. The molecular formula is C21H35NO. The molecule has 0 spiro atoms. The zero-order chi connectivity index (χ0) is 16.7. The maximum Gasteiger partial charge on any atom is 0.0622 e. The molecule has 0 aliphatic carbocycles. The second kappa shape index (κ2) is 8.84. The third kappa shape index (κ3) is 5.61. The van der Waals surface area contributed by atoms with E-state index in [1.54, 1.807) is 0 Å². The Labute approximate surface area is 142 Å². The molecule has 1 aliphatic heterocycles. The minimum Gasteiger partial charge on any atom is -0.390 e. The molecule has 2 rings (SSSR count). The van der Waals surface area contributed by atoms with Gasteiger partial charge in [0.15, 0.2) is 0 Å². The van der Waals surface area contributed by atoms with E-state index in [4.69, 9.17) is 0 Å². The van der Waals surface area contributed by atoms with Crippen LogP contribution in [0.4, 0.5) is 0 Å². The molecular weight excluding hydrogens is 282 g/mol. The SMILES string of the molecule is CCC[C@H]1[C@H](CC(C)(O)CCC)CCCN1Cc1ccccc1. The van der Waals surface area contributed by atoms with Crippen LogP contribution in [0.15, 0.2) is 30.3 Å². The summed E-state index contributed by atoms with van der Waals surface area (Å²) in [6.07, 6.45) is 7.95. The van der Waals surface area contributed by atoms with Gasteiger partial charge in [0.05, 0.1) is 5.60 Å². The van der Waals surface area contributed by atoms with Crippen molar-refractivity contribution in [3.8, 4) is 0 Å². The minimum absolute atomic E-state index is 0.499. The first-order valence-corrected chi connectivity index (χ1v) is 9.56. The lowest BCUT2D eigenvalue weighted by atomic mass is 9.78. The van der Waals surface area contributed by atoms with Gasteiger partial charge in [-0.3, -0.25) is 4.90 Å². The van der Waals surface area contributed by atoms with Crippen LogP contribution in [-0.2, 0) is 6.54 Å². The van der Waals surface area contributed by atoms with Gasteiger partial charge in [-0.15, -0.1) is 0 Å². The Hall–Kier alpha value is -0.860. The number of likely N-dealkylation sites (tertiary alicyclic amines) is 1. The van der Waals surface area contributed by atoms with Crippen molar-refractivity contribution in [2.45, 2.75) is 83.9 Å². The standard InChI is InChI=1S/C21H35NO/c1-4-10-20-19(16-21(3,23)14-5-2)13-9-15-22(20)17-18-11-7-6-8-12-18/h6-8,11-12,19-20,23H,4-5,9-10,13-17H2,1-3H3/t19-,20-,21?/m0/s1. The zero-order valence-electron chi connectivity index (χ0n) is 15.3. The summed E-state index contributed by atoms with van der Waals surface area (Å²) in [5, 5.41) is 10.7. The predicted molar refractivity (Wildman–Crippen MR) is 98.4 cm³/mol. The highest BCUT2D eigenvalue weighted by Gasteiger charge is 2.35. The Morgan fingerprint density at radius 3 is 2.57 bits per heavy atom. The van der Waals surface area contributed by atoms with Crippen molar-refractivity contribution < 1.29 is 5.11 Å². The summed E-state index contributed by atoms with van der Waals surface area (Å²) >= 11 is 0. The van der Waals surface area contributed by atoms with Crippen molar-refractivity contribution in [1.82, 2.24) is 4.90 Å². The van der Waals surface area contributed by atoms with Crippen LogP contribution in [0.1, 0.15) is 71.3 Å². The molecule has 0 saturated carbocycles. The topological polar surface area (TPSA) is 23.5 Å². The third-order valence-corrected chi connectivity index (χ3v) is 5.34. The second-order valence-electron chi connectivity index (χ2n) is 7.67. The number of nitrogens with zero attached hydrogens (tertiary/aromatic N) is 1. The average molecular weight is 318 g/mol. The van der Waals surface area contributed by atoms with Gasteiger partial charge in [-0.1, -0.05) is 57.0 Å². The van der Waals surface area contributed by atoms with Crippen molar-refractivity contribution in [3.05, 3.63) is 35.9 Å². The fraction of sp³-hybridized carbons (Fsp3) is 0.714. The van der Waals surface area contributed by atoms with Crippen LogP contribution in [0, 0.1) is 5.92 Å². The molecule has 0 bridgehead atoms.